The first-order chi connectivity index (χ1) is 15.5. The third-order valence-corrected chi connectivity index (χ3v) is 6.82. The van der Waals surface area contributed by atoms with Crippen molar-refractivity contribution in [1.82, 2.24) is 10.2 Å². The Morgan fingerprint density at radius 1 is 1.12 bits per heavy atom. The number of ether oxygens (including phenoxy) is 3. The number of carbonyl (C=O) groups excluding carboxylic acids is 2. The van der Waals surface area contributed by atoms with Gasteiger partial charge in [-0.1, -0.05) is 18.2 Å². The van der Waals surface area contributed by atoms with Crippen molar-refractivity contribution in [2.75, 3.05) is 39.5 Å². The topological polar surface area (TPSA) is 97.3 Å². The van der Waals surface area contributed by atoms with E-state index in [0.717, 1.165) is 18.6 Å². The molecule has 0 bridgehead atoms. The van der Waals surface area contributed by atoms with Gasteiger partial charge in [-0.3, -0.25) is 9.59 Å². The van der Waals surface area contributed by atoms with E-state index in [1.807, 2.05) is 30.3 Å². The lowest BCUT2D eigenvalue weighted by Gasteiger charge is -2.41. The second kappa shape index (κ2) is 10.2. The molecular weight excluding hydrogens is 412 g/mol. The zero-order chi connectivity index (χ0) is 22.4. The van der Waals surface area contributed by atoms with Crippen LogP contribution >= 0.6 is 0 Å². The highest BCUT2D eigenvalue weighted by atomic mass is 16.7. The molecule has 2 amide bonds. The third kappa shape index (κ3) is 5.79. The Labute approximate surface area is 189 Å². The summed E-state index contributed by atoms with van der Waals surface area (Å²) >= 11 is 0. The zero-order valence-corrected chi connectivity index (χ0v) is 18.6. The number of likely N-dealkylation sites (tertiary alicyclic amines) is 1. The van der Waals surface area contributed by atoms with E-state index >= 15 is 0 Å². The molecule has 176 valence electrons. The fourth-order valence-electron chi connectivity index (χ4n) is 4.80. The highest BCUT2D eigenvalue weighted by Gasteiger charge is 2.45. The van der Waals surface area contributed by atoms with Crippen LogP contribution in [0.25, 0.3) is 0 Å². The van der Waals surface area contributed by atoms with Crippen LogP contribution in [0.3, 0.4) is 0 Å². The van der Waals surface area contributed by atoms with E-state index in [-0.39, 0.29) is 30.7 Å². The predicted molar refractivity (Wildman–Crippen MR) is 117 cm³/mol. The molecule has 1 saturated carbocycles. The summed E-state index contributed by atoms with van der Waals surface area (Å²) in [5, 5.41) is 13.8. The summed E-state index contributed by atoms with van der Waals surface area (Å²) < 4.78 is 17.1. The second-order valence-corrected chi connectivity index (χ2v) is 9.14. The van der Waals surface area contributed by atoms with Crippen molar-refractivity contribution in [2.24, 2.45) is 5.92 Å². The van der Waals surface area contributed by atoms with Gasteiger partial charge in [0.15, 0.2) is 5.79 Å². The zero-order valence-electron chi connectivity index (χ0n) is 18.6. The average Bonchev–Trinajstić information content (AvgIpc) is 3.29. The van der Waals surface area contributed by atoms with Crippen LogP contribution in [0.2, 0.25) is 0 Å². The van der Waals surface area contributed by atoms with Crippen LogP contribution in [0.4, 0.5) is 0 Å². The van der Waals surface area contributed by atoms with Gasteiger partial charge in [0.05, 0.1) is 37.8 Å². The van der Waals surface area contributed by atoms with Crippen LogP contribution in [0.15, 0.2) is 30.3 Å². The number of piperidine rings is 1. The van der Waals surface area contributed by atoms with E-state index in [1.165, 1.54) is 0 Å². The van der Waals surface area contributed by atoms with Gasteiger partial charge in [0.2, 0.25) is 11.8 Å². The van der Waals surface area contributed by atoms with E-state index < -0.39 is 11.4 Å². The molecule has 0 unspecified atom stereocenters. The predicted octanol–water partition coefficient (Wildman–Crippen LogP) is 1.86. The second-order valence-electron chi connectivity index (χ2n) is 9.14. The van der Waals surface area contributed by atoms with E-state index in [9.17, 15) is 14.7 Å². The fraction of sp³-hybridized carbons (Fsp3) is 0.667. The summed E-state index contributed by atoms with van der Waals surface area (Å²) in [6, 6.07) is 9.42. The Bertz CT molecular complexity index is 770. The molecule has 2 saturated heterocycles. The molecule has 1 aromatic carbocycles. The minimum Gasteiger partial charge on any atom is -0.493 e. The maximum Gasteiger partial charge on any atom is 0.226 e. The maximum absolute atomic E-state index is 12.8. The van der Waals surface area contributed by atoms with Crippen LogP contribution in [0.1, 0.15) is 44.9 Å². The van der Waals surface area contributed by atoms with Gasteiger partial charge < -0.3 is 29.5 Å². The third-order valence-electron chi connectivity index (χ3n) is 6.82. The van der Waals surface area contributed by atoms with Gasteiger partial charge in [-0.2, -0.15) is 0 Å². The summed E-state index contributed by atoms with van der Waals surface area (Å²) in [5.74, 6) is -0.127. The normalized spacial score (nSPS) is 24.3. The molecule has 1 spiro atoms. The monoisotopic (exact) mass is 446 g/mol. The molecule has 2 heterocycles. The van der Waals surface area contributed by atoms with Gasteiger partial charge in [-0.25, -0.2) is 0 Å². The molecule has 8 heteroatoms. The van der Waals surface area contributed by atoms with Gasteiger partial charge in [0.25, 0.3) is 0 Å². The molecule has 0 aromatic heterocycles. The number of aliphatic hydroxyl groups is 1. The molecule has 1 atom stereocenters. The van der Waals surface area contributed by atoms with Gasteiger partial charge in [0.1, 0.15) is 5.75 Å². The Balaban J connectivity index is 1.19. The molecule has 0 radical (unpaired) electrons. The highest BCUT2D eigenvalue weighted by Crippen LogP contribution is 2.40. The SMILES string of the molecule is O=C(NCC1(O)CCC2(CC1)OCCO2)[C@H]1CCCN(C(=O)CCOc2ccccc2)C1. The van der Waals surface area contributed by atoms with Crippen molar-refractivity contribution in [2.45, 2.75) is 56.3 Å². The van der Waals surface area contributed by atoms with Crippen molar-refractivity contribution in [1.29, 1.82) is 0 Å². The summed E-state index contributed by atoms with van der Waals surface area (Å²) in [6.07, 6.45) is 4.17. The van der Waals surface area contributed by atoms with Crippen molar-refractivity contribution < 1.29 is 28.9 Å². The molecule has 2 aliphatic heterocycles. The van der Waals surface area contributed by atoms with Crippen LogP contribution in [0.5, 0.6) is 5.75 Å². The van der Waals surface area contributed by atoms with Gasteiger partial charge in [0, 0.05) is 32.5 Å². The Kier molecular flexibility index (Phi) is 7.33. The largest absolute Gasteiger partial charge is 0.493 e. The fourth-order valence-corrected chi connectivity index (χ4v) is 4.80. The molecule has 3 fully saturated rings. The Morgan fingerprint density at radius 2 is 1.84 bits per heavy atom. The van der Waals surface area contributed by atoms with Crippen molar-refractivity contribution in [3.63, 3.8) is 0 Å². The standard InChI is InChI=1S/C24H34N2O6/c27-21(8-14-30-20-6-2-1-3-7-20)26-13-4-5-19(17-26)22(28)25-18-23(29)9-11-24(12-10-23)31-15-16-32-24/h1-3,6-7,19,29H,4-5,8-18H2,(H,25,28)/t19-/m0/s1. The van der Waals surface area contributed by atoms with Gasteiger partial charge in [-0.05, 0) is 37.8 Å². The van der Waals surface area contributed by atoms with Crippen LogP contribution in [-0.2, 0) is 19.1 Å². The summed E-state index contributed by atoms with van der Waals surface area (Å²) in [6.45, 7) is 2.82. The first kappa shape index (κ1) is 23.0. The maximum atomic E-state index is 12.8. The van der Waals surface area contributed by atoms with Crippen LogP contribution in [-0.4, -0.2) is 72.7 Å². The van der Waals surface area contributed by atoms with E-state index in [2.05, 4.69) is 5.32 Å². The summed E-state index contributed by atoms with van der Waals surface area (Å²) in [5.41, 5.74) is -0.935. The molecule has 1 aromatic rings. The number of benzene rings is 1. The lowest BCUT2D eigenvalue weighted by atomic mass is 9.81. The number of nitrogens with zero attached hydrogens (tertiary/aromatic N) is 1. The van der Waals surface area contributed by atoms with Crippen molar-refractivity contribution >= 4 is 11.8 Å². The summed E-state index contributed by atoms with van der Waals surface area (Å²) in [4.78, 5) is 27.1. The quantitative estimate of drug-likeness (QED) is 0.664. The molecular formula is C24H34N2O6. The highest BCUT2D eigenvalue weighted by molar-refractivity contribution is 5.81. The Morgan fingerprint density at radius 3 is 2.56 bits per heavy atom. The minimum absolute atomic E-state index is 0.00574. The first-order valence-electron chi connectivity index (χ1n) is 11.7. The van der Waals surface area contributed by atoms with Crippen molar-refractivity contribution in [3.8, 4) is 5.75 Å². The molecule has 4 rings (SSSR count). The number of nitrogens with one attached hydrogen (secondary N) is 1. The number of rotatable bonds is 7. The Hall–Kier alpha value is -2.16. The summed E-state index contributed by atoms with van der Waals surface area (Å²) in [7, 11) is 0. The van der Waals surface area contributed by atoms with E-state index in [1.54, 1.807) is 4.90 Å². The number of hydrogen-bond donors (Lipinski definition) is 2. The molecule has 1 aliphatic carbocycles. The molecule has 3 aliphatic rings. The van der Waals surface area contributed by atoms with Crippen LogP contribution < -0.4 is 10.1 Å². The lowest BCUT2D eigenvalue weighted by Crippen LogP contribution is -2.52. The van der Waals surface area contributed by atoms with Crippen molar-refractivity contribution in [3.05, 3.63) is 30.3 Å². The van der Waals surface area contributed by atoms with Gasteiger partial charge in [-0.15, -0.1) is 0 Å². The van der Waals surface area contributed by atoms with E-state index in [0.29, 0.717) is 58.6 Å². The molecule has 8 nitrogen and oxygen atoms in total. The van der Waals surface area contributed by atoms with Crippen LogP contribution in [0, 0.1) is 5.92 Å². The first-order valence-corrected chi connectivity index (χ1v) is 11.7. The number of para-hydroxylation sites is 1. The number of amides is 2. The molecule has 32 heavy (non-hydrogen) atoms. The number of carbonyl (C=O) groups is 2. The minimum atomic E-state index is -0.935. The molecule has 2 N–H and O–H groups in total. The smallest absolute Gasteiger partial charge is 0.226 e. The average molecular weight is 447 g/mol. The van der Waals surface area contributed by atoms with Gasteiger partial charge >= 0.3 is 0 Å². The van der Waals surface area contributed by atoms with E-state index in [4.69, 9.17) is 14.2 Å². The number of hydrogen-bond acceptors (Lipinski definition) is 6. The lowest BCUT2D eigenvalue weighted by molar-refractivity contribution is -0.201.